The van der Waals surface area contributed by atoms with Crippen molar-refractivity contribution in [1.29, 1.82) is 0 Å². The van der Waals surface area contributed by atoms with Crippen LogP contribution in [0.25, 0.3) is 0 Å². The van der Waals surface area contributed by atoms with Gasteiger partial charge in [0.15, 0.2) is 0 Å². The van der Waals surface area contributed by atoms with E-state index >= 15 is 0 Å². The van der Waals surface area contributed by atoms with E-state index in [9.17, 15) is 29.3 Å². The quantitative estimate of drug-likeness (QED) is 0.0475. The Morgan fingerprint density at radius 2 is 1.12 bits per heavy atom. The highest BCUT2D eigenvalue weighted by molar-refractivity contribution is 7.47. The zero-order chi connectivity index (χ0) is 30.6. The van der Waals surface area contributed by atoms with Crippen molar-refractivity contribution in [2.24, 2.45) is 0 Å². The minimum atomic E-state index is -4.62. The van der Waals surface area contributed by atoms with E-state index in [4.69, 9.17) is 18.5 Å². The molecule has 0 amide bonds. The van der Waals surface area contributed by atoms with Gasteiger partial charge in [0.2, 0.25) is 0 Å². The van der Waals surface area contributed by atoms with E-state index in [1.165, 1.54) is 0 Å². The highest BCUT2D eigenvalue weighted by Gasteiger charge is 2.27. The summed E-state index contributed by atoms with van der Waals surface area (Å²) in [6, 6.07) is 0. The van der Waals surface area contributed by atoms with Gasteiger partial charge in [-0.2, -0.15) is 0 Å². The highest BCUT2D eigenvalue weighted by atomic mass is 31.2. The van der Waals surface area contributed by atoms with Gasteiger partial charge in [-0.3, -0.25) is 18.6 Å². The Morgan fingerprint density at radius 1 is 0.683 bits per heavy atom. The summed E-state index contributed by atoms with van der Waals surface area (Å²) in [5.74, 6) is -1.10. The van der Waals surface area contributed by atoms with E-state index in [1.807, 2.05) is 6.92 Å². The average molecular weight is 603 g/mol. The van der Waals surface area contributed by atoms with Crippen molar-refractivity contribution in [3.63, 3.8) is 0 Å². The Hall–Kier alpha value is -2.07. The molecular weight excluding hydrogens is 551 g/mol. The van der Waals surface area contributed by atoms with Gasteiger partial charge in [0.25, 0.3) is 0 Å². The largest absolute Gasteiger partial charge is 0.472 e. The predicted molar refractivity (Wildman–Crippen MR) is 159 cm³/mol. The van der Waals surface area contributed by atoms with E-state index in [-0.39, 0.29) is 12.8 Å². The maximum Gasteiger partial charge on any atom is 0.472 e. The number of phosphoric acid groups is 1. The van der Waals surface area contributed by atoms with Crippen LogP contribution in [-0.4, -0.2) is 65.7 Å². The van der Waals surface area contributed by atoms with E-state index in [0.717, 1.165) is 51.4 Å². The number of allylic oxidation sites excluding steroid dienone is 8. The standard InChI is InChI=1S/C30H51O10P/c1-3-5-7-8-9-10-11-12-13-14-15-16-17-18-20-22-30(34)40-28(24-32)26-38-41(35,36)37-25-27(23-31)39-29(33)21-19-6-4-2/h5,7,9-10,12-13,15-16,27-28,31-32H,3-4,6,8,11,14,17-26H2,1-2H3,(H,35,36)/b7-5-,10-9-,13-12-,16-15-. The number of carbonyl (C=O) groups is 2. The van der Waals surface area contributed by atoms with Crippen molar-refractivity contribution < 1.29 is 47.8 Å². The molecule has 0 aliphatic rings. The van der Waals surface area contributed by atoms with Crippen molar-refractivity contribution in [3.05, 3.63) is 48.6 Å². The van der Waals surface area contributed by atoms with Crippen LogP contribution in [-0.2, 0) is 32.7 Å². The third-order valence-electron chi connectivity index (χ3n) is 5.56. The van der Waals surface area contributed by atoms with Crippen molar-refractivity contribution >= 4 is 19.8 Å². The number of phosphoric ester groups is 1. The topological polar surface area (TPSA) is 149 Å². The molecule has 0 saturated carbocycles. The van der Waals surface area contributed by atoms with Gasteiger partial charge in [-0.15, -0.1) is 0 Å². The van der Waals surface area contributed by atoms with Crippen LogP contribution in [0, 0.1) is 0 Å². The van der Waals surface area contributed by atoms with Gasteiger partial charge in [0, 0.05) is 12.8 Å². The summed E-state index contributed by atoms with van der Waals surface area (Å²) in [4.78, 5) is 33.7. The van der Waals surface area contributed by atoms with E-state index in [0.29, 0.717) is 12.8 Å². The van der Waals surface area contributed by atoms with Crippen LogP contribution in [0.15, 0.2) is 48.6 Å². The van der Waals surface area contributed by atoms with Crippen LogP contribution in [0.3, 0.4) is 0 Å². The minimum absolute atomic E-state index is 0.138. The summed E-state index contributed by atoms with van der Waals surface area (Å²) in [7, 11) is -4.62. The fraction of sp³-hybridized carbons (Fsp3) is 0.667. The number of aliphatic hydroxyl groups excluding tert-OH is 2. The highest BCUT2D eigenvalue weighted by Crippen LogP contribution is 2.43. The second kappa shape index (κ2) is 26.8. The number of hydrogen-bond donors (Lipinski definition) is 3. The molecule has 0 bridgehead atoms. The van der Waals surface area contributed by atoms with Crippen molar-refractivity contribution in [2.75, 3.05) is 26.4 Å². The number of rotatable bonds is 26. The van der Waals surface area contributed by atoms with Gasteiger partial charge in [0.1, 0.15) is 12.2 Å². The fourth-order valence-corrected chi connectivity index (χ4v) is 4.06. The predicted octanol–water partition coefficient (Wildman–Crippen LogP) is 5.87. The van der Waals surface area contributed by atoms with E-state index in [1.54, 1.807) is 0 Å². The minimum Gasteiger partial charge on any atom is -0.457 e. The number of aliphatic hydroxyl groups is 2. The van der Waals surface area contributed by atoms with Gasteiger partial charge >= 0.3 is 19.8 Å². The summed E-state index contributed by atoms with van der Waals surface area (Å²) in [5, 5.41) is 18.8. The summed E-state index contributed by atoms with van der Waals surface area (Å²) in [6.07, 6.45) is 23.5. The first-order valence-electron chi connectivity index (χ1n) is 14.6. The van der Waals surface area contributed by atoms with E-state index in [2.05, 4.69) is 55.5 Å². The molecule has 236 valence electrons. The number of hydrogen-bond acceptors (Lipinski definition) is 9. The first-order chi connectivity index (χ1) is 19.8. The molecule has 10 nitrogen and oxygen atoms in total. The molecule has 0 fully saturated rings. The molecule has 0 saturated heterocycles. The number of ether oxygens (including phenoxy) is 2. The molecule has 3 atom stereocenters. The second-order valence-electron chi connectivity index (χ2n) is 9.35. The molecule has 0 aliphatic carbocycles. The lowest BCUT2D eigenvalue weighted by molar-refractivity contribution is -0.153. The van der Waals surface area contributed by atoms with Crippen molar-refractivity contribution in [3.8, 4) is 0 Å². The van der Waals surface area contributed by atoms with Crippen LogP contribution in [0.5, 0.6) is 0 Å². The zero-order valence-electron chi connectivity index (χ0n) is 24.7. The van der Waals surface area contributed by atoms with Crippen LogP contribution in [0.2, 0.25) is 0 Å². The summed E-state index contributed by atoms with van der Waals surface area (Å²) in [6.45, 7) is 1.77. The van der Waals surface area contributed by atoms with Crippen LogP contribution < -0.4 is 0 Å². The molecule has 3 unspecified atom stereocenters. The molecule has 3 N–H and O–H groups in total. The van der Waals surface area contributed by atoms with Crippen LogP contribution >= 0.6 is 7.82 Å². The lowest BCUT2D eigenvalue weighted by Gasteiger charge is -2.20. The molecule has 0 aromatic carbocycles. The molecule has 0 heterocycles. The molecule has 0 aliphatic heterocycles. The van der Waals surface area contributed by atoms with Gasteiger partial charge in [0.05, 0.1) is 26.4 Å². The molecule has 41 heavy (non-hydrogen) atoms. The fourth-order valence-electron chi connectivity index (χ4n) is 3.28. The number of unbranched alkanes of at least 4 members (excludes halogenated alkanes) is 4. The Bertz CT molecular complexity index is 837. The lowest BCUT2D eigenvalue weighted by atomic mass is 10.2. The zero-order valence-corrected chi connectivity index (χ0v) is 25.6. The average Bonchev–Trinajstić information content (AvgIpc) is 2.95. The Kier molecular flexibility index (Phi) is 25.5. The normalized spacial score (nSPS) is 15.1. The first kappa shape index (κ1) is 38.9. The molecule has 11 heteroatoms. The summed E-state index contributed by atoms with van der Waals surface area (Å²) >= 11 is 0. The van der Waals surface area contributed by atoms with Gasteiger partial charge < -0.3 is 24.6 Å². The van der Waals surface area contributed by atoms with Crippen molar-refractivity contribution in [1.82, 2.24) is 0 Å². The summed E-state index contributed by atoms with van der Waals surface area (Å²) < 4.78 is 31.8. The third-order valence-corrected chi connectivity index (χ3v) is 6.51. The second-order valence-corrected chi connectivity index (χ2v) is 10.8. The SMILES string of the molecule is CC/C=C\C/C=C\C/C=C\C/C=C\CCCCC(=O)OC(CO)COP(=O)(O)OCC(CO)OC(=O)CCCCC. The van der Waals surface area contributed by atoms with Gasteiger partial charge in [-0.05, 0) is 51.4 Å². The number of esters is 2. The Labute approximate surface area is 245 Å². The maximum absolute atomic E-state index is 12.1. The molecule has 0 aromatic heterocycles. The number of carbonyl (C=O) groups excluding carboxylic acids is 2. The third kappa shape index (κ3) is 25.4. The molecule has 0 aromatic rings. The Morgan fingerprint density at radius 3 is 1.56 bits per heavy atom. The molecule has 0 rings (SSSR count). The van der Waals surface area contributed by atoms with Gasteiger partial charge in [-0.1, -0.05) is 75.3 Å². The molecule has 0 spiro atoms. The van der Waals surface area contributed by atoms with Gasteiger partial charge in [-0.25, -0.2) is 4.57 Å². The molecular formula is C30H51O10P. The maximum atomic E-state index is 12.1. The first-order valence-corrected chi connectivity index (χ1v) is 16.1. The Balaban J connectivity index is 4.12. The molecule has 0 radical (unpaired) electrons. The summed E-state index contributed by atoms with van der Waals surface area (Å²) in [5.41, 5.74) is 0. The monoisotopic (exact) mass is 602 g/mol. The smallest absolute Gasteiger partial charge is 0.457 e. The van der Waals surface area contributed by atoms with Crippen LogP contribution in [0.4, 0.5) is 0 Å². The van der Waals surface area contributed by atoms with E-state index < -0.39 is 58.4 Å². The van der Waals surface area contributed by atoms with Crippen molar-refractivity contribution in [2.45, 2.75) is 103 Å². The lowest BCUT2D eigenvalue weighted by Crippen LogP contribution is -2.28. The van der Waals surface area contributed by atoms with Crippen LogP contribution in [0.1, 0.15) is 90.9 Å².